The molecule has 1 nitrogen and oxygen atoms in total. The van der Waals surface area contributed by atoms with Crippen LogP contribution in [0.2, 0.25) is 0 Å². The van der Waals surface area contributed by atoms with Crippen molar-refractivity contribution in [2.45, 2.75) is 0 Å². The van der Waals surface area contributed by atoms with Crippen LogP contribution in [0, 0.1) is 0 Å². The van der Waals surface area contributed by atoms with Crippen molar-refractivity contribution in [2.75, 3.05) is 4.90 Å². The summed E-state index contributed by atoms with van der Waals surface area (Å²) in [6.07, 6.45) is 0. The van der Waals surface area contributed by atoms with Gasteiger partial charge in [0.1, 0.15) is 0 Å². The molecule has 0 fully saturated rings. The second-order valence-electron chi connectivity index (χ2n) is 13.9. The van der Waals surface area contributed by atoms with Crippen LogP contribution >= 0.6 is 15.9 Å². The van der Waals surface area contributed by atoms with Crippen molar-refractivity contribution >= 4 is 33.0 Å². The van der Waals surface area contributed by atoms with E-state index < -0.39 is 0 Å². The number of benzene rings is 9. The van der Waals surface area contributed by atoms with Crippen molar-refractivity contribution in [3.05, 3.63) is 235 Å². The maximum absolute atomic E-state index is 3.83. The van der Waals surface area contributed by atoms with Gasteiger partial charge >= 0.3 is 0 Å². The highest BCUT2D eigenvalue weighted by atomic mass is 79.9. The van der Waals surface area contributed by atoms with E-state index in [1.807, 2.05) is 0 Å². The Hall–Kier alpha value is -6.74. The third kappa shape index (κ3) is 7.23. The monoisotopic (exact) mass is 779 g/mol. The summed E-state index contributed by atoms with van der Waals surface area (Å²) in [6.45, 7) is 0. The van der Waals surface area contributed by atoms with E-state index in [1.54, 1.807) is 0 Å². The molecule has 0 bridgehead atoms. The summed E-state index contributed by atoms with van der Waals surface area (Å²) in [5, 5.41) is 0. The Balaban J connectivity index is 1.15. The topological polar surface area (TPSA) is 3.24 Å². The van der Waals surface area contributed by atoms with Crippen LogP contribution in [-0.2, 0) is 0 Å². The van der Waals surface area contributed by atoms with Crippen LogP contribution in [0.1, 0.15) is 0 Å². The van der Waals surface area contributed by atoms with Gasteiger partial charge in [0.05, 0.1) is 0 Å². The summed E-state index contributed by atoms with van der Waals surface area (Å²) in [4.78, 5) is 2.34. The number of halogens is 1. The lowest BCUT2D eigenvalue weighted by Crippen LogP contribution is -2.09. The third-order valence-electron chi connectivity index (χ3n) is 10.4. The van der Waals surface area contributed by atoms with Crippen molar-refractivity contribution in [1.29, 1.82) is 0 Å². The number of hydrogen-bond acceptors (Lipinski definition) is 1. The van der Waals surface area contributed by atoms with Crippen LogP contribution in [0.15, 0.2) is 235 Å². The van der Waals surface area contributed by atoms with Crippen LogP contribution in [0.25, 0.3) is 66.8 Å². The van der Waals surface area contributed by atoms with Crippen molar-refractivity contribution in [3.8, 4) is 66.8 Å². The van der Waals surface area contributed by atoms with Gasteiger partial charge in [0.15, 0.2) is 0 Å². The molecule has 56 heavy (non-hydrogen) atoms. The van der Waals surface area contributed by atoms with E-state index in [4.69, 9.17) is 0 Å². The van der Waals surface area contributed by atoms with Crippen molar-refractivity contribution < 1.29 is 0 Å². The van der Waals surface area contributed by atoms with E-state index in [-0.39, 0.29) is 0 Å². The minimum absolute atomic E-state index is 1.08. The number of nitrogens with zero attached hydrogens (tertiary/aromatic N) is 1. The molecule has 2 heteroatoms. The van der Waals surface area contributed by atoms with Crippen LogP contribution < -0.4 is 4.90 Å². The second-order valence-corrected chi connectivity index (χ2v) is 14.7. The molecule has 0 saturated heterocycles. The lowest BCUT2D eigenvalue weighted by Gasteiger charge is -2.26. The van der Waals surface area contributed by atoms with Crippen molar-refractivity contribution in [2.24, 2.45) is 0 Å². The molecule has 0 amide bonds. The Morgan fingerprint density at radius 3 is 1.02 bits per heavy atom. The molecule has 0 N–H and O–H groups in total. The quantitative estimate of drug-likeness (QED) is 0.141. The summed E-state index contributed by atoms with van der Waals surface area (Å²) < 4.78 is 1.08. The lowest BCUT2D eigenvalue weighted by molar-refractivity contribution is 1.28. The van der Waals surface area contributed by atoms with Gasteiger partial charge in [-0.2, -0.15) is 0 Å². The van der Waals surface area contributed by atoms with Gasteiger partial charge in [-0.3, -0.25) is 0 Å². The molecular formula is C54H38BrN. The Morgan fingerprint density at radius 1 is 0.232 bits per heavy atom. The predicted octanol–water partition coefficient (Wildman–Crippen LogP) is 15.9. The summed E-state index contributed by atoms with van der Waals surface area (Å²) in [7, 11) is 0. The van der Waals surface area contributed by atoms with E-state index in [2.05, 4.69) is 251 Å². The van der Waals surface area contributed by atoms with Crippen LogP contribution in [-0.4, -0.2) is 0 Å². The Kier molecular flexibility index (Phi) is 9.95. The number of hydrogen-bond donors (Lipinski definition) is 0. The van der Waals surface area contributed by atoms with Crippen LogP contribution in [0.5, 0.6) is 0 Å². The molecule has 0 aromatic heterocycles. The van der Waals surface area contributed by atoms with Crippen molar-refractivity contribution in [1.82, 2.24) is 0 Å². The molecule has 0 heterocycles. The van der Waals surface area contributed by atoms with Crippen LogP contribution in [0.3, 0.4) is 0 Å². The highest BCUT2D eigenvalue weighted by Crippen LogP contribution is 2.43. The molecular weight excluding hydrogens is 743 g/mol. The standard InChI is InChI=1S/C54H38BrN/c55-54-23-13-12-22-52(54)50-21-11-10-20-49(50)51-37-30-45(41-18-8-3-9-19-41)38-53(51)44-28-35-48(36-29-44)56(46-31-24-42(25-32-46)39-14-4-1-5-15-39)47-33-26-43(27-34-47)40-16-6-2-7-17-40/h1-38H. The van der Waals surface area contributed by atoms with Gasteiger partial charge in [0, 0.05) is 21.5 Å². The smallest absolute Gasteiger partial charge is 0.0462 e. The fraction of sp³-hybridized carbons (Fsp3) is 0. The molecule has 0 radical (unpaired) electrons. The molecule has 0 unspecified atom stereocenters. The lowest BCUT2D eigenvalue weighted by atomic mass is 9.87. The van der Waals surface area contributed by atoms with Gasteiger partial charge in [-0.05, 0) is 115 Å². The minimum atomic E-state index is 1.08. The van der Waals surface area contributed by atoms with E-state index in [0.717, 1.165) is 27.1 Å². The zero-order chi connectivity index (χ0) is 37.7. The van der Waals surface area contributed by atoms with Gasteiger partial charge in [-0.1, -0.05) is 198 Å². The highest BCUT2D eigenvalue weighted by Gasteiger charge is 2.18. The molecule has 0 aliphatic heterocycles. The van der Waals surface area contributed by atoms with Crippen molar-refractivity contribution in [3.63, 3.8) is 0 Å². The molecule has 9 rings (SSSR count). The molecule has 0 spiro atoms. The van der Waals surface area contributed by atoms with Gasteiger partial charge in [-0.15, -0.1) is 0 Å². The number of anilines is 3. The minimum Gasteiger partial charge on any atom is -0.311 e. The predicted molar refractivity (Wildman–Crippen MR) is 241 cm³/mol. The first-order valence-corrected chi connectivity index (χ1v) is 19.7. The maximum atomic E-state index is 3.83. The second kappa shape index (κ2) is 15.9. The first kappa shape index (κ1) is 35.0. The van der Waals surface area contributed by atoms with Gasteiger partial charge in [0.25, 0.3) is 0 Å². The maximum Gasteiger partial charge on any atom is 0.0462 e. The van der Waals surface area contributed by atoms with Gasteiger partial charge < -0.3 is 4.90 Å². The molecule has 266 valence electrons. The SMILES string of the molecule is Brc1ccccc1-c1ccccc1-c1ccc(-c2ccccc2)cc1-c1ccc(N(c2ccc(-c3ccccc3)cc2)c2ccc(-c3ccccc3)cc2)cc1. The first-order chi connectivity index (χ1) is 27.7. The molecule has 9 aromatic carbocycles. The zero-order valence-electron chi connectivity index (χ0n) is 30.8. The summed E-state index contributed by atoms with van der Waals surface area (Å²) in [5.41, 5.74) is 17.5. The van der Waals surface area contributed by atoms with E-state index in [0.29, 0.717) is 0 Å². The average Bonchev–Trinajstić information content (AvgIpc) is 3.28. The fourth-order valence-electron chi connectivity index (χ4n) is 7.56. The Bertz CT molecular complexity index is 2620. The third-order valence-corrected chi connectivity index (χ3v) is 11.1. The number of rotatable bonds is 9. The molecule has 0 aliphatic rings. The molecule has 0 aliphatic carbocycles. The fourth-order valence-corrected chi connectivity index (χ4v) is 8.06. The highest BCUT2D eigenvalue weighted by molar-refractivity contribution is 9.10. The Labute approximate surface area is 338 Å². The average molecular weight is 781 g/mol. The molecule has 0 atom stereocenters. The van der Waals surface area contributed by atoms with Gasteiger partial charge in [0.2, 0.25) is 0 Å². The van der Waals surface area contributed by atoms with E-state index >= 15 is 0 Å². The van der Waals surface area contributed by atoms with Gasteiger partial charge in [-0.25, -0.2) is 0 Å². The molecule has 9 aromatic rings. The summed E-state index contributed by atoms with van der Waals surface area (Å²) >= 11 is 3.83. The summed E-state index contributed by atoms with van der Waals surface area (Å²) in [5.74, 6) is 0. The normalized spacial score (nSPS) is 10.9. The Morgan fingerprint density at radius 2 is 0.554 bits per heavy atom. The van der Waals surface area contributed by atoms with E-state index in [1.165, 1.54) is 61.2 Å². The van der Waals surface area contributed by atoms with E-state index in [9.17, 15) is 0 Å². The van der Waals surface area contributed by atoms with Crippen LogP contribution in [0.4, 0.5) is 17.1 Å². The largest absolute Gasteiger partial charge is 0.311 e. The zero-order valence-corrected chi connectivity index (χ0v) is 32.4. The molecule has 0 saturated carbocycles. The summed E-state index contributed by atoms with van der Waals surface area (Å²) in [6, 6.07) is 82.6. The first-order valence-electron chi connectivity index (χ1n) is 18.9.